The summed E-state index contributed by atoms with van der Waals surface area (Å²) in [6.07, 6.45) is 1.81. The zero-order chi connectivity index (χ0) is 23.7. The molecule has 34 heavy (non-hydrogen) atoms. The molecule has 0 spiro atoms. The standard InChI is InChI=1S/C27H30N4O2S/c1-27(2)21-9-5-7-11-23(21)30(3)24(27)16-19(32)18-34-26-20-8-4-6-10-22(20)28-25(29-26)17-31-12-14-33-15-13-31/h4-11,16H,12-15,17-18H2,1-3H3/b24-16-. The van der Waals surface area contributed by atoms with Crippen LogP contribution in [-0.2, 0) is 21.5 Å². The molecule has 0 aliphatic carbocycles. The quantitative estimate of drug-likeness (QED) is 0.297. The van der Waals surface area contributed by atoms with Gasteiger partial charge in [0.25, 0.3) is 0 Å². The third kappa shape index (κ3) is 4.48. The van der Waals surface area contributed by atoms with Crippen molar-refractivity contribution in [2.45, 2.75) is 30.8 Å². The molecular weight excluding hydrogens is 444 g/mol. The Kier molecular flexibility index (Phi) is 6.42. The summed E-state index contributed by atoms with van der Waals surface area (Å²) in [7, 11) is 2.04. The predicted molar refractivity (Wildman–Crippen MR) is 137 cm³/mol. The van der Waals surface area contributed by atoms with Gasteiger partial charge in [0.1, 0.15) is 10.9 Å². The monoisotopic (exact) mass is 474 g/mol. The van der Waals surface area contributed by atoms with Crippen LogP contribution in [0.15, 0.2) is 65.3 Å². The molecule has 1 fully saturated rings. The zero-order valence-electron chi connectivity index (χ0n) is 20.0. The lowest BCUT2D eigenvalue weighted by Crippen LogP contribution is -2.36. The number of benzene rings is 2. The second-order valence-electron chi connectivity index (χ2n) is 9.34. The molecule has 1 aromatic heterocycles. The lowest BCUT2D eigenvalue weighted by Gasteiger charge is -2.26. The SMILES string of the molecule is CN1/C(=C\C(=O)CSc2nc(CN3CCOCC3)nc3ccccc23)C(C)(C)c2ccccc21. The second kappa shape index (κ2) is 9.49. The number of morpholine rings is 1. The minimum Gasteiger partial charge on any atom is -0.379 e. The molecule has 0 unspecified atom stereocenters. The first kappa shape index (κ1) is 23.0. The van der Waals surface area contributed by atoms with Gasteiger partial charge in [0.2, 0.25) is 0 Å². The van der Waals surface area contributed by atoms with Crippen molar-refractivity contribution in [3.05, 3.63) is 71.7 Å². The van der Waals surface area contributed by atoms with Crippen LogP contribution in [0, 0.1) is 0 Å². The fourth-order valence-electron chi connectivity index (χ4n) is 4.83. The number of rotatable bonds is 6. The molecule has 0 radical (unpaired) electrons. The van der Waals surface area contributed by atoms with Gasteiger partial charge in [-0.15, -0.1) is 0 Å². The summed E-state index contributed by atoms with van der Waals surface area (Å²) in [6.45, 7) is 8.30. The Hall–Kier alpha value is -2.74. The smallest absolute Gasteiger partial charge is 0.167 e. The largest absolute Gasteiger partial charge is 0.379 e. The number of carbonyl (C=O) groups excluding carboxylic acids is 1. The topological polar surface area (TPSA) is 58.6 Å². The maximum absolute atomic E-state index is 13.1. The Bertz CT molecular complexity index is 1250. The summed E-state index contributed by atoms with van der Waals surface area (Å²) in [5.41, 5.74) is 4.15. The molecule has 1 saturated heterocycles. The molecule has 0 saturated carbocycles. The van der Waals surface area contributed by atoms with Crippen LogP contribution in [0.3, 0.4) is 0 Å². The molecule has 6 nitrogen and oxygen atoms in total. The van der Waals surface area contributed by atoms with Gasteiger partial charge in [0, 0.05) is 48.4 Å². The van der Waals surface area contributed by atoms with Gasteiger partial charge < -0.3 is 9.64 Å². The van der Waals surface area contributed by atoms with E-state index in [1.807, 2.05) is 43.5 Å². The van der Waals surface area contributed by atoms with Crippen molar-refractivity contribution >= 4 is 34.1 Å². The second-order valence-corrected chi connectivity index (χ2v) is 10.3. The lowest BCUT2D eigenvalue weighted by molar-refractivity contribution is -0.112. The van der Waals surface area contributed by atoms with Gasteiger partial charge >= 0.3 is 0 Å². The highest BCUT2D eigenvalue weighted by Crippen LogP contribution is 2.46. The van der Waals surface area contributed by atoms with Gasteiger partial charge in [-0.05, 0) is 17.7 Å². The van der Waals surface area contributed by atoms with E-state index in [0.29, 0.717) is 12.3 Å². The normalized spacial score (nSPS) is 19.0. The number of likely N-dealkylation sites (N-methyl/N-ethyl adjacent to an activating group) is 1. The maximum atomic E-state index is 13.1. The number of carbonyl (C=O) groups is 1. The fraction of sp³-hybridized carbons (Fsp3) is 0.370. The van der Waals surface area contributed by atoms with Crippen molar-refractivity contribution in [2.75, 3.05) is 44.0 Å². The number of allylic oxidation sites excluding steroid dienone is 2. The number of hydrogen-bond donors (Lipinski definition) is 0. The highest BCUT2D eigenvalue weighted by molar-refractivity contribution is 8.00. The van der Waals surface area contributed by atoms with Gasteiger partial charge in [0.15, 0.2) is 5.78 Å². The number of ether oxygens (including phenoxy) is 1. The zero-order valence-corrected chi connectivity index (χ0v) is 20.8. The third-order valence-electron chi connectivity index (χ3n) is 6.67. The van der Waals surface area contributed by atoms with Crippen LogP contribution >= 0.6 is 11.8 Å². The number of ketones is 1. The van der Waals surface area contributed by atoms with E-state index in [1.54, 1.807) is 0 Å². The van der Waals surface area contributed by atoms with Crippen LogP contribution in [0.1, 0.15) is 25.2 Å². The third-order valence-corrected chi connectivity index (χ3v) is 7.69. The van der Waals surface area contributed by atoms with Crippen LogP contribution in [-0.4, -0.2) is 59.8 Å². The van der Waals surface area contributed by atoms with Crippen LogP contribution in [0.25, 0.3) is 10.9 Å². The van der Waals surface area contributed by atoms with E-state index in [4.69, 9.17) is 14.7 Å². The Labute approximate surface area is 205 Å². The number of fused-ring (bicyclic) bond motifs is 2. The summed E-state index contributed by atoms with van der Waals surface area (Å²) >= 11 is 1.50. The minimum atomic E-state index is -0.210. The summed E-state index contributed by atoms with van der Waals surface area (Å²) < 4.78 is 5.46. The molecule has 0 amide bonds. The van der Waals surface area contributed by atoms with E-state index < -0.39 is 0 Å². The van der Waals surface area contributed by atoms with Gasteiger partial charge in [-0.1, -0.05) is 62.0 Å². The molecular formula is C27H30N4O2S. The molecule has 2 aliphatic rings. The Morgan fingerprint density at radius 3 is 2.62 bits per heavy atom. The molecule has 0 bridgehead atoms. The number of para-hydroxylation sites is 2. The van der Waals surface area contributed by atoms with E-state index in [9.17, 15) is 4.79 Å². The van der Waals surface area contributed by atoms with Crippen molar-refractivity contribution in [3.63, 3.8) is 0 Å². The summed E-state index contributed by atoms with van der Waals surface area (Å²) in [5.74, 6) is 1.22. The van der Waals surface area contributed by atoms with Gasteiger partial charge in [-0.3, -0.25) is 9.69 Å². The summed E-state index contributed by atoms with van der Waals surface area (Å²) in [5, 5.41) is 1.85. The van der Waals surface area contributed by atoms with Gasteiger partial charge in [-0.25, -0.2) is 9.97 Å². The number of hydrogen-bond acceptors (Lipinski definition) is 7. The van der Waals surface area contributed by atoms with E-state index in [1.165, 1.54) is 17.3 Å². The maximum Gasteiger partial charge on any atom is 0.167 e. The predicted octanol–water partition coefficient (Wildman–Crippen LogP) is 4.43. The Balaban J connectivity index is 1.36. The molecule has 2 aromatic carbocycles. The first-order chi connectivity index (χ1) is 16.4. The molecule has 7 heteroatoms. The summed E-state index contributed by atoms with van der Waals surface area (Å²) in [6, 6.07) is 16.4. The van der Waals surface area contributed by atoms with Gasteiger partial charge in [0.05, 0.1) is 31.0 Å². The van der Waals surface area contributed by atoms with Crippen LogP contribution in [0.4, 0.5) is 5.69 Å². The molecule has 3 heterocycles. The average Bonchev–Trinajstić information content (AvgIpc) is 3.04. The van der Waals surface area contributed by atoms with E-state index in [2.05, 4.69) is 41.8 Å². The summed E-state index contributed by atoms with van der Waals surface area (Å²) in [4.78, 5) is 27.2. The van der Waals surface area contributed by atoms with Gasteiger partial charge in [-0.2, -0.15) is 0 Å². The van der Waals surface area contributed by atoms with E-state index in [-0.39, 0.29) is 11.2 Å². The fourth-order valence-corrected chi connectivity index (χ4v) is 5.69. The van der Waals surface area contributed by atoms with E-state index >= 15 is 0 Å². The van der Waals surface area contributed by atoms with Crippen LogP contribution < -0.4 is 4.90 Å². The number of anilines is 1. The molecule has 0 atom stereocenters. The van der Waals surface area contributed by atoms with Crippen LogP contribution in [0.5, 0.6) is 0 Å². The number of aromatic nitrogens is 2. The first-order valence-electron chi connectivity index (χ1n) is 11.7. The van der Waals surface area contributed by atoms with Crippen molar-refractivity contribution in [1.29, 1.82) is 0 Å². The van der Waals surface area contributed by atoms with Crippen molar-refractivity contribution in [2.24, 2.45) is 0 Å². The molecule has 2 aliphatic heterocycles. The minimum absolute atomic E-state index is 0.0881. The number of nitrogens with zero attached hydrogens (tertiary/aromatic N) is 4. The molecule has 0 N–H and O–H groups in total. The molecule has 176 valence electrons. The highest BCUT2D eigenvalue weighted by Gasteiger charge is 2.38. The van der Waals surface area contributed by atoms with Crippen molar-refractivity contribution in [3.8, 4) is 0 Å². The van der Waals surface area contributed by atoms with Crippen molar-refractivity contribution < 1.29 is 9.53 Å². The Morgan fingerprint density at radius 1 is 1.09 bits per heavy atom. The Morgan fingerprint density at radius 2 is 1.82 bits per heavy atom. The lowest BCUT2D eigenvalue weighted by atomic mass is 9.83. The molecule has 3 aromatic rings. The van der Waals surface area contributed by atoms with E-state index in [0.717, 1.165) is 59.4 Å². The number of thioether (sulfide) groups is 1. The van der Waals surface area contributed by atoms with Crippen molar-refractivity contribution in [1.82, 2.24) is 14.9 Å². The average molecular weight is 475 g/mol. The highest BCUT2D eigenvalue weighted by atomic mass is 32.2. The first-order valence-corrected chi connectivity index (χ1v) is 12.7. The van der Waals surface area contributed by atoms with Crippen LogP contribution in [0.2, 0.25) is 0 Å². The molecule has 5 rings (SSSR count).